The van der Waals surface area contributed by atoms with Gasteiger partial charge >= 0.3 is 0 Å². The zero-order valence-electron chi connectivity index (χ0n) is 15.7. The van der Waals surface area contributed by atoms with Gasteiger partial charge in [0.1, 0.15) is 11.5 Å². The first-order chi connectivity index (χ1) is 11.7. The molecule has 2 aromatic carbocycles. The van der Waals surface area contributed by atoms with Gasteiger partial charge in [0.05, 0.1) is 0 Å². The van der Waals surface area contributed by atoms with Crippen molar-refractivity contribution in [3.05, 3.63) is 57.6 Å². The lowest BCUT2D eigenvalue weighted by Crippen LogP contribution is -2.05. The summed E-state index contributed by atoms with van der Waals surface area (Å²) < 4.78 is 0. The van der Waals surface area contributed by atoms with Crippen molar-refractivity contribution in [2.45, 2.75) is 70.6 Å². The molecule has 0 unspecified atom stereocenters. The van der Waals surface area contributed by atoms with Gasteiger partial charge in [0.25, 0.3) is 0 Å². The van der Waals surface area contributed by atoms with E-state index in [4.69, 9.17) is 0 Å². The SMILES string of the molecule is Cc1cc(Cc2cc(C)cc(C3(C)CC3)c2O)c(O)c(C2(C)CC2)c1. The van der Waals surface area contributed by atoms with Gasteiger partial charge in [-0.2, -0.15) is 0 Å². The fraction of sp³-hybridized carbons (Fsp3) is 0.478. The van der Waals surface area contributed by atoms with Crippen molar-refractivity contribution in [1.82, 2.24) is 0 Å². The third kappa shape index (κ3) is 2.82. The largest absolute Gasteiger partial charge is 0.507 e. The molecule has 2 heteroatoms. The van der Waals surface area contributed by atoms with Crippen LogP contribution in [-0.4, -0.2) is 10.2 Å². The molecule has 2 aliphatic rings. The molecule has 0 aromatic heterocycles. The van der Waals surface area contributed by atoms with Crippen molar-refractivity contribution in [3.8, 4) is 11.5 Å². The minimum atomic E-state index is 0.131. The number of phenols is 2. The Hall–Kier alpha value is -1.96. The molecule has 0 spiro atoms. The number of hydrogen-bond donors (Lipinski definition) is 2. The van der Waals surface area contributed by atoms with Gasteiger partial charge in [-0.05, 0) is 61.5 Å². The lowest BCUT2D eigenvalue weighted by atomic mass is 9.88. The molecule has 0 heterocycles. The van der Waals surface area contributed by atoms with Gasteiger partial charge in [-0.1, -0.05) is 49.2 Å². The molecule has 0 amide bonds. The Balaban J connectivity index is 1.76. The predicted octanol–water partition coefficient (Wildman–Crippen LogP) is 5.41. The molecule has 2 aromatic rings. The molecule has 132 valence electrons. The molecule has 0 bridgehead atoms. The van der Waals surface area contributed by atoms with E-state index in [-0.39, 0.29) is 10.8 Å². The molecular weight excluding hydrogens is 308 g/mol. The highest BCUT2D eigenvalue weighted by atomic mass is 16.3. The Morgan fingerprint density at radius 2 is 1.08 bits per heavy atom. The van der Waals surface area contributed by atoms with Crippen molar-refractivity contribution in [3.63, 3.8) is 0 Å². The zero-order valence-corrected chi connectivity index (χ0v) is 15.7. The molecule has 2 N–H and O–H groups in total. The van der Waals surface area contributed by atoms with Crippen LogP contribution in [0, 0.1) is 13.8 Å². The van der Waals surface area contributed by atoms with Crippen LogP contribution in [0.1, 0.15) is 72.9 Å². The van der Waals surface area contributed by atoms with Gasteiger partial charge in [0, 0.05) is 17.5 Å². The van der Waals surface area contributed by atoms with Crippen LogP contribution in [-0.2, 0) is 17.3 Å². The summed E-state index contributed by atoms with van der Waals surface area (Å²) in [6, 6.07) is 8.37. The van der Waals surface area contributed by atoms with E-state index in [1.807, 2.05) is 0 Å². The van der Waals surface area contributed by atoms with E-state index in [1.54, 1.807) is 0 Å². The summed E-state index contributed by atoms with van der Waals surface area (Å²) in [5, 5.41) is 21.7. The first kappa shape index (κ1) is 16.5. The first-order valence-electron chi connectivity index (χ1n) is 9.38. The minimum Gasteiger partial charge on any atom is -0.507 e. The lowest BCUT2D eigenvalue weighted by molar-refractivity contribution is 0.449. The summed E-state index contributed by atoms with van der Waals surface area (Å²) in [5.41, 5.74) is 6.62. The number of hydrogen-bond acceptors (Lipinski definition) is 2. The molecule has 0 saturated heterocycles. The molecule has 0 atom stereocenters. The average molecular weight is 336 g/mol. The van der Waals surface area contributed by atoms with E-state index in [2.05, 4.69) is 52.0 Å². The summed E-state index contributed by atoms with van der Waals surface area (Å²) in [4.78, 5) is 0. The van der Waals surface area contributed by atoms with Crippen molar-refractivity contribution >= 4 is 0 Å². The van der Waals surface area contributed by atoms with Crippen LogP contribution in [0.3, 0.4) is 0 Å². The van der Waals surface area contributed by atoms with Gasteiger partial charge in [-0.25, -0.2) is 0 Å². The smallest absolute Gasteiger partial charge is 0.122 e. The van der Waals surface area contributed by atoms with Crippen LogP contribution < -0.4 is 0 Å². The average Bonchev–Trinajstić information content (AvgIpc) is 3.46. The van der Waals surface area contributed by atoms with Gasteiger partial charge in [0.15, 0.2) is 0 Å². The zero-order chi connectivity index (χ0) is 18.0. The molecule has 0 radical (unpaired) electrons. The van der Waals surface area contributed by atoms with E-state index < -0.39 is 0 Å². The maximum absolute atomic E-state index is 10.9. The Morgan fingerprint density at radius 1 is 0.720 bits per heavy atom. The monoisotopic (exact) mass is 336 g/mol. The Morgan fingerprint density at radius 3 is 1.40 bits per heavy atom. The van der Waals surface area contributed by atoms with Gasteiger partial charge in [-0.3, -0.25) is 0 Å². The Kier molecular flexibility index (Phi) is 3.48. The number of benzene rings is 2. The van der Waals surface area contributed by atoms with E-state index in [9.17, 15) is 10.2 Å². The minimum absolute atomic E-state index is 0.131. The molecule has 2 nitrogen and oxygen atoms in total. The van der Waals surface area contributed by atoms with Gasteiger partial charge in [-0.15, -0.1) is 0 Å². The van der Waals surface area contributed by atoms with E-state index in [0.717, 1.165) is 47.9 Å². The second-order valence-electron chi connectivity index (χ2n) is 8.94. The van der Waals surface area contributed by atoms with Crippen molar-refractivity contribution in [2.75, 3.05) is 0 Å². The summed E-state index contributed by atoms with van der Waals surface area (Å²) in [5.74, 6) is 0.844. The fourth-order valence-electron chi connectivity index (χ4n) is 4.02. The van der Waals surface area contributed by atoms with Crippen LogP contribution in [0.15, 0.2) is 24.3 Å². The Bertz CT molecular complexity index is 783. The van der Waals surface area contributed by atoms with E-state index >= 15 is 0 Å². The number of aryl methyl sites for hydroxylation is 2. The standard InChI is InChI=1S/C23H28O2/c1-14-9-16(20(24)18(11-14)22(3)5-6-22)13-17-10-15(2)12-19(21(17)25)23(4)7-8-23/h9-12,24-25H,5-8,13H2,1-4H3. The molecule has 0 aliphatic heterocycles. The van der Waals surface area contributed by atoms with Crippen molar-refractivity contribution in [1.29, 1.82) is 0 Å². The highest BCUT2D eigenvalue weighted by Crippen LogP contribution is 2.53. The van der Waals surface area contributed by atoms with Crippen molar-refractivity contribution < 1.29 is 10.2 Å². The number of phenolic OH excluding ortho intramolecular Hbond substituents is 2. The number of rotatable bonds is 4. The third-order valence-electron chi connectivity index (χ3n) is 6.35. The first-order valence-corrected chi connectivity index (χ1v) is 9.38. The fourth-order valence-corrected chi connectivity index (χ4v) is 4.02. The second kappa shape index (κ2) is 5.27. The van der Waals surface area contributed by atoms with Crippen molar-refractivity contribution in [2.24, 2.45) is 0 Å². The lowest BCUT2D eigenvalue weighted by Gasteiger charge is -2.19. The summed E-state index contributed by atoms with van der Waals surface area (Å²) in [7, 11) is 0. The molecular formula is C23H28O2. The van der Waals surface area contributed by atoms with Crippen LogP contribution >= 0.6 is 0 Å². The molecule has 2 saturated carbocycles. The normalized spacial score (nSPS) is 19.7. The summed E-state index contributed by atoms with van der Waals surface area (Å²) >= 11 is 0. The highest BCUT2D eigenvalue weighted by Gasteiger charge is 2.42. The molecule has 2 fully saturated rings. The summed E-state index contributed by atoms with van der Waals surface area (Å²) in [6.45, 7) is 8.62. The van der Waals surface area contributed by atoms with Gasteiger partial charge in [0.2, 0.25) is 0 Å². The van der Waals surface area contributed by atoms with Crippen LogP contribution in [0.4, 0.5) is 0 Å². The molecule has 4 rings (SSSR count). The molecule has 25 heavy (non-hydrogen) atoms. The summed E-state index contributed by atoms with van der Waals surface area (Å²) in [6.07, 6.45) is 5.14. The maximum atomic E-state index is 10.9. The number of aromatic hydroxyl groups is 2. The molecule has 2 aliphatic carbocycles. The second-order valence-corrected chi connectivity index (χ2v) is 8.94. The van der Waals surface area contributed by atoms with E-state index in [0.29, 0.717) is 17.9 Å². The Labute approximate surface area is 150 Å². The highest BCUT2D eigenvalue weighted by molar-refractivity contribution is 5.55. The van der Waals surface area contributed by atoms with Gasteiger partial charge < -0.3 is 10.2 Å². The quantitative estimate of drug-likeness (QED) is 0.784. The van der Waals surface area contributed by atoms with Crippen LogP contribution in [0.25, 0.3) is 0 Å². The van der Waals surface area contributed by atoms with Crippen LogP contribution in [0.2, 0.25) is 0 Å². The van der Waals surface area contributed by atoms with E-state index in [1.165, 1.54) is 11.1 Å². The predicted molar refractivity (Wildman–Crippen MR) is 102 cm³/mol. The topological polar surface area (TPSA) is 40.5 Å². The van der Waals surface area contributed by atoms with Crippen LogP contribution in [0.5, 0.6) is 11.5 Å². The third-order valence-corrected chi connectivity index (χ3v) is 6.35. The maximum Gasteiger partial charge on any atom is 0.122 e.